The van der Waals surface area contributed by atoms with E-state index in [2.05, 4.69) is 0 Å². The minimum atomic E-state index is -4.66. The normalized spacial score (nSPS) is 16.8. The number of non-ortho nitro benzene ring substituents is 1. The van der Waals surface area contributed by atoms with Crippen LogP contribution in [-0.2, 0) is 11.0 Å². The smallest absolute Gasteiger partial charge is 0.371 e. The first-order chi connectivity index (χ1) is 9.82. The second kappa shape index (κ2) is 5.71. The highest BCUT2D eigenvalue weighted by Crippen LogP contribution is 2.39. The highest BCUT2D eigenvalue weighted by Gasteiger charge is 2.37. The maximum atomic E-state index is 13.1. The number of carbonyl (C=O) groups is 1. The number of nitrogens with zero attached hydrogens (tertiary/aromatic N) is 2. The molecule has 1 aliphatic heterocycles. The molecule has 0 aliphatic carbocycles. The first-order valence-electron chi connectivity index (χ1n) is 6.39. The molecule has 8 heteroatoms. The van der Waals surface area contributed by atoms with Gasteiger partial charge in [0.2, 0.25) is 0 Å². The number of alkyl halides is 3. The number of rotatable bonds is 3. The Balaban J connectivity index is 2.35. The Morgan fingerprint density at radius 1 is 1.29 bits per heavy atom. The summed E-state index contributed by atoms with van der Waals surface area (Å²) in [5.74, 6) is -0.131. The van der Waals surface area contributed by atoms with Gasteiger partial charge in [0, 0.05) is 36.8 Å². The number of hydrogen-bond donors (Lipinski definition) is 0. The first-order valence-corrected chi connectivity index (χ1v) is 6.39. The number of nitro groups is 1. The van der Waals surface area contributed by atoms with Gasteiger partial charge in [-0.15, -0.1) is 0 Å². The van der Waals surface area contributed by atoms with Gasteiger partial charge in [0.15, 0.2) is 0 Å². The number of benzene rings is 1. The van der Waals surface area contributed by atoms with Crippen molar-refractivity contribution >= 4 is 17.7 Å². The molecule has 1 saturated heterocycles. The van der Waals surface area contributed by atoms with Gasteiger partial charge in [0.05, 0.1) is 10.5 Å². The summed E-state index contributed by atoms with van der Waals surface area (Å²) in [5, 5.41) is 10.6. The zero-order valence-electron chi connectivity index (χ0n) is 11.0. The summed E-state index contributed by atoms with van der Waals surface area (Å²) in [6.07, 6.45) is -2.88. The van der Waals surface area contributed by atoms with Crippen LogP contribution < -0.4 is 4.90 Å². The Morgan fingerprint density at radius 3 is 2.38 bits per heavy atom. The molecular weight excluding hydrogens is 289 g/mol. The molecule has 2 rings (SSSR count). The van der Waals surface area contributed by atoms with Gasteiger partial charge in [-0.25, -0.2) is 0 Å². The molecular formula is C13H13F3N2O3. The Labute approximate surface area is 118 Å². The molecule has 1 heterocycles. The van der Waals surface area contributed by atoms with Crippen molar-refractivity contribution < 1.29 is 22.9 Å². The molecule has 1 fully saturated rings. The zero-order chi connectivity index (χ0) is 15.6. The van der Waals surface area contributed by atoms with Gasteiger partial charge < -0.3 is 9.69 Å². The van der Waals surface area contributed by atoms with E-state index in [0.717, 1.165) is 18.4 Å². The zero-order valence-corrected chi connectivity index (χ0v) is 11.0. The van der Waals surface area contributed by atoms with Crippen molar-refractivity contribution in [1.29, 1.82) is 0 Å². The van der Waals surface area contributed by atoms with Crippen LogP contribution in [-0.4, -0.2) is 24.3 Å². The summed E-state index contributed by atoms with van der Waals surface area (Å²) in [6, 6.07) is 2.75. The van der Waals surface area contributed by atoms with E-state index in [4.69, 9.17) is 0 Å². The van der Waals surface area contributed by atoms with E-state index < -0.39 is 22.4 Å². The Bertz CT molecular complexity index is 552. The number of carbonyl (C=O) groups excluding carboxylic acids is 1. The minimum Gasteiger partial charge on any atom is -0.371 e. The van der Waals surface area contributed by atoms with Crippen molar-refractivity contribution in [2.24, 2.45) is 5.92 Å². The van der Waals surface area contributed by atoms with E-state index in [-0.39, 0.29) is 11.6 Å². The fourth-order valence-corrected chi connectivity index (χ4v) is 2.42. The summed E-state index contributed by atoms with van der Waals surface area (Å²) in [5.41, 5.74) is -1.67. The fourth-order valence-electron chi connectivity index (χ4n) is 2.42. The minimum absolute atomic E-state index is 0.0718. The Kier molecular flexibility index (Phi) is 4.15. The molecule has 0 atom stereocenters. The van der Waals surface area contributed by atoms with Gasteiger partial charge >= 0.3 is 6.18 Å². The molecule has 0 N–H and O–H groups in total. The van der Waals surface area contributed by atoms with Crippen LogP contribution in [0.5, 0.6) is 0 Å². The number of piperidine rings is 1. The summed E-state index contributed by atoms with van der Waals surface area (Å²) >= 11 is 0. The van der Waals surface area contributed by atoms with E-state index >= 15 is 0 Å². The van der Waals surface area contributed by atoms with Crippen LogP contribution in [0.15, 0.2) is 18.2 Å². The lowest BCUT2D eigenvalue weighted by Crippen LogP contribution is -2.35. The van der Waals surface area contributed by atoms with Crippen molar-refractivity contribution in [3.63, 3.8) is 0 Å². The third-order valence-corrected chi connectivity index (χ3v) is 3.57. The molecule has 0 spiro atoms. The number of hydrogen-bond acceptors (Lipinski definition) is 4. The van der Waals surface area contributed by atoms with Crippen LogP contribution >= 0.6 is 0 Å². The Hall–Kier alpha value is -2.12. The van der Waals surface area contributed by atoms with Crippen molar-refractivity contribution in [1.82, 2.24) is 0 Å². The number of anilines is 1. The third kappa shape index (κ3) is 3.32. The van der Waals surface area contributed by atoms with Gasteiger partial charge in [-0.1, -0.05) is 0 Å². The second-order valence-electron chi connectivity index (χ2n) is 4.92. The highest BCUT2D eigenvalue weighted by molar-refractivity contribution is 5.60. The average Bonchev–Trinajstić information content (AvgIpc) is 2.46. The SMILES string of the molecule is O=CC1CCN(c2ccc([N+](=O)[O-])cc2C(F)(F)F)CC1. The van der Waals surface area contributed by atoms with Gasteiger partial charge in [0.1, 0.15) is 6.29 Å². The van der Waals surface area contributed by atoms with Crippen molar-refractivity contribution in [2.75, 3.05) is 18.0 Å². The standard InChI is InChI=1S/C13H13F3N2O3/c14-13(15,16)11-7-10(18(20)21)1-2-12(11)17-5-3-9(8-19)4-6-17/h1-2,7-9H,3-6H2. The molecule has 0 aromatic heterocycles. The third-order valence-electron chi connectivity index (χ3n) is 3.57. The van der Waals surface area contributed by atoms with Gasteiger partial charge in [0.25, 0.3) is 5.69 Å². The maximum absolute atomic E-state index is 13.1. The molecule has 1 aromatic rings. The average molecular weight is 302 g/mol. The first kappa shape index (κ1) is 15.3. The van der Waals surface area contributed by atoms with Gasteiger partial charge in [-0.05, 0) is 18.9 Å². The second-order valence-corrected chi connectivity index (χ2v) is 4.92. The predicted octanol–water partition coefficient (Wildman–Crippen LogP) is 3.03. The molecule has 1 aromatic carbocycles. The van der Waals surface area contributed by atoms with E-state index in [1.54, 1.807) is 0 Å². The molecule has 5 nitrogen and oxygen atoms in total. The van der Waals surface area contributed by atoms with Crippen molar-refractivity contribution in [3.8, 4) is 0 Å². The van der Waals surface area contributed by atoms with E-state index in [0.29, 0.717) is 32.0 Å². The van der Waals surface area contributed by atoms with Crippen LogP contribution in [0.1, 0.15) is 18.4 Å². The topological polar surface area (TPSA) is 63.5 Å². The summed E-state index contributed by atoms with van der Waals surface area (Å²) in [6.45, 7) is 0.647. The number of aldehydes is 1. The molecule has 1 aliphatic rings. The lowest BCUT2D eigenvalue weighted by molar-refractivity contribution is -0.385. The van der Waals surface area contributed by atoms with Crippen LogP contribution in [0, 0.1) is 16.0 Å². The Morgan fingerprint density at radius 2 is 1.90 bits per heavy atom. The lowest BCUT2D eigenvalue weighted by Gasteiger charge is -2.33. The van der Waals surface area contributed by atoms with Crippen molar-refractivity contribution in [2.45, 2.75) is 19.0 Å². The fraction of sp³-hybridized carbons (Fsp3) is 0.462. The van der Waals surface area contributed by atoms with E-state index in [1.165, 1.54) is 4.90 Å². The van der Waals surface area contributed by atoms with Crippen LogP contribution in [0.2, 0.25) is 0 Å². The molecule has 0 amide bonds. The number of halogens is 3. The molecule has 0 unspecified atom stereocenters. The maximum Gasteiger partial charge on any atom is 0.418 e. The molecule has 0 radical (unpaired) electrons. The van der Waals surface area contributed by atoms with Crippen molar-refractivity contribution in [3.05, 3.63) is 33.9 Å². The van der Waals surface area contributed by atoms with E-state index in [9.17, 15) is 28.1 Å². The molecule has 0 saturated carbocycles. The molecule has 0 bridgehead atoms. The van der Waals surface area contributed by atoms with E-state index in [1.807, 2.05) is 0 Å². The summed E-state index contributed by atoms with van der Waals surface area (Å²) in [4.78, 5) is 22.0. The van der Waals surface area contributed by atoms with Gasteiger partial charge in [-0.2, -0.15) is 13.2 Å². The summed E-state index contributed by atoms with van der Waals surface area (Å²) in [7, 11) is 0. The molecule has 21 heavy (non-hydrogen) atoms. The van der Waals surface area contributed by atoms with Gasteiger partial charge in [-0.3, -0.25) is 10.1 Å². The van der Waals surface area contributed by atoms with Crippen LogP contribution in [0.25, 0.3) is 0 Å². The quantitative estimate of drug-likeness (QED) is 0.489. The lowest BCUT2D eigenvalue weighted by atomic mass is 9.97. The molecule has 114 valence electrons. The largest absolute Gasteiger partial charge is 0.418 e. The van der Waals surface area contributed by atoms with Crippen LogP contribution in [0.3, 0.4) is 0 Å². The van der Waals surface area contributed by atoms with Crippen LogP contribution in [0.4, 0.5) is 24.5 Å². The highest BCUT2D eigenvalue weighted by atomic mass is 19.4. The summed E-state index contributed by atoms with van der Waals surface area (Å²) < 4.78 is 39.3. The number of nitro benzene ring substituents is 1. The predicted molar refractivity (Wildman–Crippen MR) is 69.1 cm³/mol. The monoisotopic (exact) mass is 302 g/mol.